The summed E-state index contributed by atoms with van der Waals surface area (Å²) >= 11 is 0. The summed E-state index contributed by atoms with van der Waals surface area (Å²) in [6.45, 7) is 4.35. The zero-order valence-corrected chi connectivity index (χ0v) is 24.3. The lowest BCUT2D eigenvalue weighted by molar-refractivity contribution is -0.123. The van der Waals surface area contributed by atoms with Gasteiger partial charge in [-0.2, -0.15) is 0 Å². The van der Waals surface area contributed by atoms with Crippen LogP contribution in [0.1, 0.15) is 58.9 Å². The predicted molar refractivity (Wildman–Crippen MR) is 167 cm³/mol. The van der Waals surface area contributed by atoms with Gasteiger partial charge in [-0.1, -0.05) is 54.6 Å². The minimum absolute atomic E-state index is 0.0512. The molecule has 10 heteroatoms. The summed E-state index contributed by atoms with van der Waals surface area (Å²) in [5, 5.41) is 15.0. The molecule has 222 valence electrons. The third-order valence-electron chi connectivity index (χ3n) is 7.40. The van der Waals surface area contributed by atoms with Crippen molar-refractivity contribution in [1.82, 2.24) is 41.2 Å². The first kappa shape index (κ1) is 29.7. The van der Waals surface area contributed by atoms with Crippen molar-refractivity contribution in [3.8, 4) is 0 Å². The van der Waals surface area contributed by atoms with Crippen molar-refractivity contribution in [3.05, 3.63) is 120 Å². The first-order valence-corrected chi connectivity index (χ1v) is 14.6. The molecule has 0 fully saturated rings. The maximum atomic E-state index is 13.4. The number of aromatic nitrogens is 4. The summed E-state index contributed by atoms with van der Waals surface area (Å²) in [5.41, 5.74) is 2.58. The van der Waals surface area contributed by atoms with Crippen LogP contribution in [0, 0.1) is 0 Å². The molecule has 5 rings (SSSR count). The fraction of sp³-hybridized carbons (Fsp3) is 0.273. The second-order valence-corrected chi connectivity index (χ2v) is 10.5. The van der Waals surface area contributed by atoms with E-state index in [0.717, 1.165) is 33.5 Å². The van der Waals surface area contributed by atoms with E-state index in [1.807, 2.05) is 43.3 Å². The van der Waals surface area contributed by atoms with Crippen molar-refractivity contribution in [2.24, 2.45) is 0 Å². The molecule has 0 aliphatic rings. The number of carbonyl (C=O) groups is 2. The summed E-state index contributed by atoms with van der Waals surface area (Å²) in [7, 11) is 0. The summed E-state index contributed by atoms with van der Waals surface area (Å²) < 4.78 is 0. The molecule has 0 spiro atoms. The number of hydrogen-bond acceptors (Lipinski definition) is 6. The SMILES string of the molecule is CC(NCCC[C@H](NC(=O)c1ccc(CNCc2ncc[nH]2)cc1)C(=O)NCc1cccc2ccccc12)c1ncc[nH]1. The Kier molecular flexibility index (Phi) is 10.3. The van der Waals surface area contributed by atoms with Crippen molar-refractivity contribution in [1.29, 1.82) is 0 Å². The normalized spacial score (nSPS) is 12.6. The molecule has 0 saturated heterocycles. The standard InChI is InChI=1S/C33H38N8O2/c1-23(31-38-18-19-39-31)35-15-5-10-29(33(43)40-21-27-8-4-7-25-6-2-3-9-28(25)27)41-32(42)26-13-11-24(12-14-26)20-34-22-30-36-16-17-37-30/h2-4,6-9,11-14,16-19,23,29,34-35H,5,10,15,20-22H2,1H3,(H,36,37)(H,38,39)(H,40,43)(H,41,42)/t23?,29-/m0/s1. The number of fused-ring (bicyclic) bond motifs is 1. The molecule has 0 saturated carbocycles. The monoisotopic (exact) mass is 578 g/mol. The number of aromatic amines is 2. The van der Waals surface area contributed by atoms with Gasteiger partial charge in [-0.3, -0.25) is 9.59 Å². The molecule has 6 N–H and O–H groups in total. The zero-order valence-electron chi connectivity index (χ0n) is 24.3. The molecule has 2 atom stereocenters. The second-order valence-electron chi connectivity index (χ2n) is 10.5. The number of H-pyrrole nitrogens is 2. The van der Waals surface area contributed by atoms with Gasteiger partial charge >= 0.3 is 0 Å². The maximum Gasteiger partial charge on any atom is 0.251 e. The maximum absolute atomic E-state index is 13.4. The van der Waals surface area contributed by atoms with Crippen LogP contribution in [0.4, 0.5) is 0 Å². The molecule has 0 bridgehead atoms. The number of rotatable bonds is 15. The molecular formula is C33H38N8O2. The number of nitrogens with zero attached hydrogens (tertiary/aromatic N) is 2. The highest BCUT2D eigenvalue weighted by Gasteiger charge is 2.21. The topological polar surface area (TPSA) is 140 Å². The zero-order chi connectivity index (χ0) is 29.9. The predicted octanol–water partition coefficient (Wildman–Crippen LogP) is 4.12. The molecule has 3 aromatic carbocycles. The lowest BCUT2D eigenvalue weighted by Gasteiger charge is -2.20. The highest BCUT2D eigenvalue weighted by atomic mass is 16.2. The average molecular weight is 579 g/mol. The molecule has 5 aromatic rings. The van der Waals surface area contributed by atoms with E-state index in [9.17, 15) is 9.59 Å². The van der Waals surface area contributed by atoms with Gasteiger partial charge in [-0.25, -0.2) is 9.97 Å². The number of nitrogens with one attached hydrogen (secondary N) is 6. The van der Waals surface area contributed by atoms with E-state index in [4.69, 9.17) is 0 Å². The van der Waals surface area contributed by atoms with Gasteiger partial charge in [0.2, 0.25) is 5.91 Å². The van der Waals surface area contributed by atoms with Crippen molar-refractivity contribution in [3.63, 3.8) is 0 Å². The Morgan fingerprint density at radius 3 is 2.44 bits per heavy atom. The Labute approximate surface area is 251 Å². The van der Waals surface area contributed by atoms with Crippen LogP contribution in [0.25, 0.3) is 10.8 Å². The summed E-state index contributed by atoms with van der Waals surface area (Å²) in [5.74, 6) is 1.24. The lowest BCUT2D eigenvalue weighted by Crippen LogP contribution is -2.46. The number of carbonyl (C=O) groups excluding carboxylic acids is 2. The molecule has 1 unspecified atom stereocenters. The van der Waals surface area contributed by atoms with Gasteiger partial charge in [0.05, 0.1) is 12.6 Å². The van der Waals surface area contributed by atoms with Gasteiger partial charge in [0.1, 0.15) is 17.7 Å². The van der Waals surface area contributed by atoms with Crippen LogP contribution in [-0.4, -0.2) is 44.3 Å². The van der Waals surface area contributed by atoms with E-state index in [0.29, 0.717) is 44.6 Å². The molecule has 2 aromatic heterocycles. The fourth-order valence-corrected chi connectivity index (χ4v) is 4.99. The van der Waals surface area contributed by atoms with E-state index in [-0.39, 0.29) is 17.9 Å². The van der Waals surface area contributed by atoms with Crippen LogP contribution in [0.2, 0.25) is 0 Å². The van der Waals surface area contributed by atoms with Crippen LogP contribution in [0.3, 0.4) is 0 Å². The summed E-state index contributed by atoms with van der Waals surface area (Å²) in [6.07, 6.45) is 8.21. The van der Waals surface area contributed by atoms with Crippen LogP contribution >= 0.6 is 0 Å². The van der Waals surface area contributed by atoms with Crippen molar-refractivity contribution < 1.29 is 9.59 Å². The molecule has 10 nitrogen and oxygen atoms in total. The van der Waals surface area contributed by atoms with Gasteiger partial charge in [0.25, 0.3) is 5.91 Å². The fourth-order valence-electron chi connectivity index (χ4n) is 4.99. The van der Waals surface area contributed by atoms with Crippen LogP contribution in [0.5, 0.6) is 0 Å². The summed E-state index contributed by atoms with van der Waals surface area (Å²) in [4.78, 5) is 41.3. The Balaban J connectivity index is 1.18. The number of benzene rings is 3. The van der Waals surface area contributed by atoms with Crippen LogP contribution in [0.15, 0.2) is 91.5 Å². The summed E-state index contributed by atoms with van der Waals surface area (Å²) in [6, 6.07) is 20.9. The smallest absolute Gasteiger partial charge is 0.251 e. The number of amides is 2. The third kappa shape index (κ3) is 8.37. The number of hydrogen-bond donors (Lipinski definition) is 6. The average Bonchev–Trinajstić information content (AvgIpc) is 3.77. The van der Waals surface area contributed by atoms with Gasteiger partial charge in [0, 0.05) is 43.4 Å². The van der Waals surface area contributed by atoms with E-state index in [2.05, 4.69) is 59.4 Å². The first-order valence-electron chi connectivity index (χ1n) is 14.6. The minimum Gasteiger partial charge on any atom is -0.350 e. The molecule has 0 aliphatic carbocycles. The number of imidazole rings is 2. The molecule has 0 radical (unpaired) electrons. The van der Waals surface area contributed by atoms with Crippen molar-refractivity contribution in [2.75, 3.05) is 6.54 Å². The Morgan fingerprint density at radius 1 is 0.860 bits per heavy atom. The van der Waals surface area contributed by atoms with E-state index in [1.54, 1.807) is 36.9 Å². The highest BCUT2D eigenvalue weighted by molar-refractivity contribution is 5.97. The first-order chi connectivity index (χ1) is 21.1. The van der Waals surface area contributed by atoms with Gasteiger partial charge in [-0.15, -0.1) is 0 Å². The Morgan fingerprint density at radius 2 is 1.65 bits per heavy atom. The molecular weight excluding hydrogens is 540 g/mol. The Hall–Kier alpha value is -4.80. The molecule has 0 aliphatic heterocycles. The highest BCUT2D eigenvalue weighted by Crippen LogP contribution is 2.18. The van der Waals surface area contributed by atoms with Crippen molar-refractivity contribution >= 4 is 22.6 Å². The van der Waals surface area contributed by atoms with Gasteiger partial charge in [0.15, 0.2) is 0 Å². The second kappa shape index (κ2) is 14.9. The van der Waals surface area contributed by atoms with E-state index in [1.165, 1.54) is 0 Å². The van der Waals surface area contributed by atoms with E-state index < -0.39 is 6.04 Å². The molecule has 2 heterocycles. The van der Waals surface area contributed by atoms with Crippen LogP contribution in [-0.2, 0) is 24.4 Å². The molecule has 2 amide bonds. The quantitative estimate of drug-likeness (QED) is 0.103. The molecule has 43 heavy (non-hydrogen) atoms. The van der Waals surface area contributed by atoms with Gasteiger partial charge < -0.3 is 31.2 Å². The van der Waals surface area contributed by atoms with Crippen LogP contribution < -0.4 is 21.3 Å². The van der Waals surface area contributed by atoms with E-state index >= 15 is 0 Å². The van der Waals surface area contributed by atoms with Gasteiger partial charge in [-0.05, 0) is 60.3 Å². The minimum atomic E-state index is -0.683. The Bertz CT molecular complexity index is 1580. The lowest BCUT2D eigenvalue weighted by atomic mass is 10.0. The third-order valence-corrected chi connectivity index (χ3v) is 7.40. The largest absolute Gasteiger partial charge is 0.350 e. The van der Waals surface area contributed by atoms with Crippen molar-refractivity contribution in [2.45, 2.75) is 51.5 Å².